The van der Waals surface area contributed by atoms with Crippen LogP contribution >= 0.6 is 0 Å². The van der Waals surface area contributed by atoms with Crippen LogP contribution in [0.4, 0.5) is 11.6 Å². The van der Waals surface area contributed by atoms with Crippen LogP contribution < -0.4 is 15.2 Å². The van der Waals surface area contributed by atoms with Gasteiger partial charge in [-0.2, -0.15) is 10.1 Å². The molecule has 2 amide bonds. The summed E-state index contributed by atoms with van der Waals surface area (Å²) in [6.45, 7) is 7.96. The number of hydrogen-bond donors (Lipinski definition) is 1. The fourth-order valence-electron chi connectivity index (χ4n) is 3.17. The first-order valence-corrected chi connectivity index (χ1v) is 10.3. The molecule has 164 valence electrons. The number of rotatable bonds is 7. The lowest BCUT2D eigenvalue weighted by molar-refractivity contribution is -0.119. The zero-order valence-electron chi connectivity index (χ0n) is 18.2. The number of aromatic nitrogens is 2. The van der Waals surface area contributed by atoms with Crippen molar-refractivity contribution in [2.75, 3.05) is 42.8 Å². The Hall–Kier alpha value is -3.33. The van der Waals surface area contributed by atoms with E-state index in [0.717, 1.165) is 11.1 Å². The van der Waals surface area contributed by atoms with E-state index in [4.69, 9.17) is 4.74 Å². The van der Waals surface area contributed by atoms with E-state index in [1.54, 1.807) is 12.3 Å². The number of amides is 2. The molecule has 0 spiro atoms. The fraction of sp³-hybridized carbons (Fsp3) is 0.409. The second-order valence-electron chi connectivity index (χ2n) is 7.32. The van der Waals surface area contributed by atoms with Crippen LogP contribution in [0.5, 0.6) is 0 Å². The monoisotopic (exact) mass is 424 g/mol. The summed E-state index contributed by atoms with van der Waals surface area (Å²) in [7, 11) is 0. The predicted octanol–water partition coefficient (Wildman–Crippen LogP) is 1.69. The third-order valence-electron chi connectivity index (χ3n) is 4.68. The van der Waals surface area contributed by atoms with Crippen molar-refractivity contribution in [2.45, 2.75) is 27.2 Å². The molecule has 0 radical (unpaired) electrons. The van der Waals surface area contributed by atoms with E-state index >= 15 is 0 Å². The number of anilines is 2. The molecule has 0 saturated carbocycles. The molecule has 2 heterocycles. The van der Waals surface area contributed by atoms with Crippen LogP contribution in [-0.4, -0.2) is 60.8 Å². The molecule has 3 rings (SSSR count). The Labute approximate surface area is 182 Å². The minimum Gasteiger partial charge on any atom is -0.378 e. The first-order chi connectivity index (χ1) is 14.9. The van der Waals surface area contributed by atoms with Crippen LogP contribution in [0.25, 0.3) is 0 Å². The number of hydrazone groups is 1. The molecule has 2 aromatic rings. The number of nitrogens with one attached hydrogen (secondary N) is 1. The Kier molecular flexibility index (Phi) is 7.66. The van der Waals surface area contributed by atoms with E-state index in [9.17, 15) is 9.59 Å². The molecule has 1 fully saturated rings. The number of nitrogens with zero attached hydrogens (tertiary/aromatic N) is 5. The first kappa shape index (κ1) is 22.4. The Morgan fingerprint density at radius 3 is 2.68 bits per heavy atom. The Bertz CT molecular complexity index is 956. The van der Waals surface area contributed by atoms with Crippen molar-refractivity contribution in [1.29, 1.82) is 0 Å². The maximum atomic E-state index is 12.4. The number of carbonyl (C=O) groups excluding carboxylic acids is 2. The van der Waals surface area contributed by atoms with Gasteiger partial charge in [0, 0.05) is 46.0 Å². The number of aryl methyl sites for hydroxylation is 1. The molecule has 1 aromatic heterocycles. The largest absolute Gasteiger partial charge is 0.378 e. The molecule has 0 bridgehead atoms. The quantitative estimate of drug-likeness (QED) is 0.536. The van der Waals surface area contributed by atoms with Gasteiger partial charge in [-0.15, -0.1) is 0 Å². The van der Waals surface area contributed by atoms with E-state index in [1.165, 1.54) is 18.9 Å². The highest BCUT2D eigenvalue weighted by Crippen LogP contribution is 2.21. The standard InChI is InChI=1S/C22H28N6O3/c1-16-5-4-6-19(13-16)15-24-28(18(3)30)22-14-21(27-9-11-31-12-10-27)25-20(26-22)7-8-23-17(2)29/h4-6,13-15H,7-12H2,1-3H3,(H,23,29). The molecule has 31 heavy (non-hydrogen) atoms. The summed E-state index contributed by atoms with van der Waals surface area (Å²) >= 11 is 0. The second-order valence-corrected chi connectivity index (χ2v) is 7.32. The van der Waals surface area contributed by atoms with Crippen molar-refractivity contribution in [3.8, 4) is 0 Å². The molecular formula is C22H28N6O3. The highest BCUT2D eigenvalue weighted by atomic mass is 16.5. The fourth-order valence-corrected chi connectivity index (χ4v) is 3.17. The van der Waals surface area contributed by atoms with E-state index in [0.29, 0.717) is 56.7 Å². The molecule has 1 aliphatic rings. The maximum Gasteiger partial charge on any atom is 0.245 e. The van der Waals surface area contributed by atoms with Crippen LogP contribution in [0.3, 0.4) is 0 Å². The van der Waals surface area contributed by atoms with Gasteiger partial charge in [-0.3, -0.25) is 9.59 Å². The van der Waals surface area contributed by atoms with Gasteiger partial charge >= 0.3 is 0 Å². The summed E-state index contributed by atoms with van der Waals surface area (Å²) < 4.78 is 5.44. The van der Waals surface area contributed by atoms with Crippen molar-refractivity contribution in [3.05, 3.63) is 47.3 Å². The number of ether oxygens (including phenoxy) is 1. The molecule has 0 atom stereocenters. The van der Waals surface area contributed by atoms with Crippen LogP contribution in [-0.2, 0) is 20.7 Å². The third kappa shape index (κ3) is 6.58. The molecule has 1 saturated heterocycles. The zero-order valence-corrected chi connectivity index (χ0v) is 18.2. The van der Waals surface area contributed by atoms with E-state index in [2.05, 4.69) is 25.3 Å². The summed E-state index contributed by atoms with van der Waals surface area (Å²) in [6, 6.07) is 9.62. The van der Waals surface area contributed by atoms with Crippen molar-refractivity contribution in [3.63, 3.8) is 0 Å². The highest BCUT2D eigenvalue weighted by Gasteiger charge is 2.19. The Morgan fingerprint density at radius 2 is 2.00 bits per heavy atom. The van der Waals surface area contributed by atoms with Gasteiger partial charge in [0.15, 0.2) is 5.82 Å². The van der Waals surface area contributed by atoms with E-state index < -0.39 is 0 Å². The van der Waals surface area contributed by atoms with Crippen molar-refractivity contribution in [1.82, 2.24) is 15.3 Å². The molecule has 9 heteroatoms. The Morgan fingerprint density at radius 1 is 1.23 bits per heavy atom. The maximum absolute atomic E-state index is 12.4. The molecule has 1 aromatic carbocycles. The smallest absolute Gasteiger partial charge is 0.245 e. The lowest BCUT2D eigenvalue weighted by Crippen LogP contribution is -2.37. The van der Waals surface area contributed by atoms with Crippen LogP contribution in [0.15, 0.2) is 35.4 Å². The minimum atomic E-state index is -0.261. The van der Waals surface area contributed by atoms with E-state index in [1.807, 2.05) is 31.2 Å². The number of benzene rings is 1. The van der Waals surface area contributed by atoms with Gasteiger partial charge < -0.3 is 15.0 Å². The summed E-state index contributed by atoms with van der Waals surface area (Å²) in [6.07, 6.45) is 2.08. The Balaban J connectivity index is 1.92. The van der Waals surface area contributed by atoms with Crippen LogP contribution in [0.1, 0.15) is 30.8 Å². The average molecular weight is 425 g/mol. The van der Waals surface area contributed by atoms with Gasteiger partial charge in [0.1, 0.15) is 11.6 Å². The summed E-state index contributed by atoms with van der Waals surface area (Å²) in [4.78, 5) is 34.9. The zero-order chi connectivity index (χ0) is 22.2. The van der Waals surface area contributed by atoms with Gasteiger partial charge in [0.05, 0.1) is 19.4 Å². The van der Waals surface area contributed by atoms with Gasteiger partial charge in [-0.05, 0) is 12.5 Å². The van der Waals surface area contributed by atoms with Crippen molar-refractivity contribution in [2.24, 2.45) is 5.10 Å². The lowest BCUT2D eigenvalue weighted by atomic mass is 10.2. The molecule has 1 aliphatic heterocycles. The number of morpholine rings is 1. The highest BCUT2D eigenvalue weighted by molar-refractivity contribution is 5.93. The van der Waals surface area contributed by atoms with Crippen LogP contribution in [0, 0.1) is 6.92 Å². The predicted molar refractivity (Wildman–Crippen MR) is 119 cm³/mol. The molecular weight excluding hydrogens is 396 g/mol. The normalized spacial score (nSPS) is 14.0. The average Bonchev–Trinajstić information content (AvgIpc) is 2.74. The number of hydrogen-bond acceptors (Lipinski definition) is 7. The van der Waals surface area contributed by atoms with Gasteiger partial charge in [-0.25, -0.2) is 9.97 Å². The molecule has 1 N–H and O–H groups in total. The van der Waals surface area contributed by atoms with Gasteiger partial charge in [-0.1, -0.05) is 29.8 Å². The lowest BCUT2D eigenvalue weighted by Gasteiger charge is -2.28. The summed E-state index contributed by atoms with van der Waals surface area (Å²) in [5.74, 6) is 1.26. The third-order valence-corrected chi connectivity index (χ3v) is 4.68. The molecule has 0 aliphatic carbocycles. The van der Waals surface area contributed by atoms with Gasteiger partial charge in [0.25, 0.3) is 0 Å². The number of carbonyl (C=O) groups is 2. The van der Waals surface area contributed by atoms with Crippen LogP contribution in [0.2, 0.25) is 0 Å². The summed E-state index contributed by atoms with van der Waals surface area (Å²) in [5.41, 5.74) is 2.00. The van der Waals surface area contributed by atoms with Crippen molar-refractivity contribution >= 4 is 29.7 Å². The summed E-state index contributed by atoms with van der Waals surface area (Å²) in [5, 5.41) is 8.42. The van der Waals surface area contributed by atoms with Crippen molar-refractivity contribution < 1.29 is 14.3 Å². The van der Waals surface area contributed by atoms with Gasteiger partial charge in [0.2, 0.25) is 11.8 Å². The SMILES string of the molecule is CC(=O)NCCc1nc(N2CCOCC2)cc(N(N=Cc2cccc(C)c2)C(C)=O)n1. The second kappa shape index (κ2) is 10.6. The first-order valence-electron chi connectivity index (χ1n) is 10.3. The van der Waals surface area contributed by atoms with E-state index in [-0.39, 0.29) is 11.8 Å². The topological polar surface area (TPSA) is 100 Å². The minimum absolute atomic E-state index is 0.113. The molecule has 9 nitrogen and oxygen atoms in total. The molecule has 0 unspecified atom stereocenters.